The minimum atomic E-state index is 0.529. The molecule has 1 aliphatic carbocycles. The summed E-state index contributed by atoms with van der Waals surface area (Å²) in [6.07, 6.45) is 5.03. The Bertz CT molecular complexity index is 356. The van der Waals surface area contributed by atoms with Gasteiger partial charge in [-0.3, -0.25) is 4.57 Å². The summed E-state index contributed by atoms with van der Waals surface area (Å²) in [6.45, 7) is 0. The van der Waals surface area contributed by atoms with E-state index in [0.717, 1.165) is 11.6 Å². The quantitative estimate of drug-likeness (QED) is 0.800. The molecular formula is C10H14ClN3S. The Hall–Kier alpha value is -0.220. The zero-order chi connectivity index (χ0) is 10.3. The van der Waals surface area contributed by atoms with Gasteiger partial charge in [0, 0.05) is 17.7 Å². The molecular weight excluding hydrogens is 230 g/mol. The fourth-order valence-electron chi connectivity index (χ4n) is 2.17. The molecule has 82 valence electrons. The molecule has 5 heteroatoms. The van der Waals surface area contributed by atoms with E-state index in [1.807, 2.05) is 11.8 Å². The van der Waals surface area contributed by atoms with Crippen molar-refractivity contribution in [3.63, 3.8) is 0 Å². The zero-order valence-electron chi connectivity index (χ0n) is 8.53. The van der Waals surface area contributed by atoms with Crippen molar-refractivity contribution >= 4 is 23.4 Å². The molecule has 1 aromatic heterocycles. The van der Waals surface area contributed by atoms with Crippen molar-refractivity contribution < 1.29 is 0 Å². The standard InChI is InChI=1S/C10H14ClN3S/c11-10-13-12-9(7-3-4-7)14(10)8-2-1-5-15-6-8/h7-8H,1-6H2. The van der Waals surface area contributed by atoms with Crippen molar-refractivity contribution in [1.82, 2.24) is 14.8 Å². The van der Waals surface area contributed by atoms with E-state index in [9.17, 15) is 0 Å². The summed E-state index contributed by atoms with van der Waals surface area (Å²) in [6, 6.07) is 0.529. The Kier molecular flexibility index (Phi) is 2.64. The molecule has 15 heavy (non-hydrogen) atoms. The first-order chi connectivity index (χ1) is 7.36. The number of halogens is 1. The summed E-state index contributed by atoms with van der Waals surface area (Å²) >= 11 is 8.15. The first kappa shape index (κ1) is 9.97. The van der Waals surface area contributed by atoms with Gasteiger partial charge in [-0.05, 0) is 43.0 Å². The third-order valence-corrected chi connectivity index (χ3v) is 4.58. The summed E-state index contributed by atoms with van der Waals surface area (Å²) < 4.78 is 2.19. The van der Waals surface area contributed by atoms with Crippen LogP contribution in [-0.2, 0) is 0 Å². The number of hydrogen-bond donors (Lipinski definition) is 0. The van der Waals surface area contributed by atoms with Gasteiger partial charge in [0.2, 0.25) is 5.28 Å². The van der Waals surface area contributed by atoms with E-state index in [1.54, 1.807) is 0 Å². The fraction of sp³-hybridized carbons (Fsp3) is 0.800. The van der Waals surface area contributed by atoms with Crippen LogP contribution in [0.25, 0.3) is 0 Å². The SMILES string of the molecule is Clc1nnc(C2CC2)n1C1CCCSC1. The van der Waals surface area contributed by atoms with Crippen molar-refractivity contribution in [1.29, 1.82) is 0 Å². The van der Waals surface area contributed by atoms with Crippen LogP contribution in [0.2, 0.25) is 5.28 Å². The molecule has 0 aromatic carbocycles. The number of thioether (sulfide) groups is 1. The molecule has 3 nitrogen and oxygen atoms in total. The van der Waals surface area contributed by atoms with Crippen LogP contribution in [-0.4, -0.2) is 26.3 Å². The molecule has 1 saturated heterocycles. The first-order valence-corrected chi connectivity index (χ1v) is 7.07. The van der Waals surface area contributed by atoms with Gasteiger partial charge in [0.05, 0.1) is 0 Å². The van der Waals surface area contributed by atoms with Crippen LogP contribution in [0.4, 0.5) is 0 Å². The molecule has 2 fully saturated rings. The fourth-order valence-corrected chi connectivity index (χ4v) is 3.56. The molecule has 0 N–H and O–H groups in total. The third kappa shape index (κ3) is 1.89. The maximum Gasteiger partial charge on any atom is 0.225 e. The summed E-state index contributed by atoms with van der Waals surface area (Å²) in [7, 11) is 0. The van der Waals surface area contributed by atoms with Crippen LogP contribution < -0.4 is 0 Å². The third-order valence-electron chi connectivity index (χ3n) is 3.12. The summed E-state index contributed by atoms with van der Waals surface area (Å²) in [5.74, 6) is 4.22. The normalized spacial score (nSPS) is 26.9. The van der Waals surface area contributed by atoms with E-state index < -0.39 is 0 Å². The minimum Gasteiger partial charge on any atom is -0.298 e. The molecule has 0 bridgehead atoms. The van der Waals surface area contributed by atoms with E-state index in [-0.39, 0.29) is 0 Å². The summed E-state index contributed by atoms with van der Waals surface area (Å²) in [5.41, 5.74) is 0. The Balaban J connectivity index is 1.90. The largest absolute Gasteiger partial charge is 0.298 e. The van der Waals surface area contributed by atoms with Gasteiger partial charge in [-0.15, -0.1) is 10.2 Å². The van der Waals surface area contributed by atoms with Gasteiger partial charge in [0.1, 0.15) is 5.82 Å². The van der Waals surface area contributed by atoms with E-state index >= 15 is 0 Å². The number of nitrogens with zero attached hydrogens (tertiary/aromatic N) is 3. The minimum absolute atomic E-state index is 0.529. The van der Waals surface area contributed by atoms with E-state index in [2.05, 4.69) is 14.8 Å². The lowest BCUT2D eigenvalue weighted by Crippen LogP contribution is -2.18. The molecule has 2 heterocycles. The van der Waals surface area contributed by atoms with E-state index in [1.165, 1.54) is 31.4 Å². The van der Waals surface area contributed by atoms with Crippen LogP contribution >= 0.6 is 23.4 Å². The van der Waals surface area contributed by atoms with Crippen LogP contribution in [0.15, 0.2) is 0 Å². The van der Waals surface area contributed by atoms with Gasteiger partial charge < -0.3 is 0 Å². The molecule has 1 atom stereocenters. The van der Waals surface area contributed by atoms with Crippen LogP contribution in [0.1, 0.15) is 43.5 Å². The highest BCUT2D eigenvalue weighted by Crippen LogP contribution is 2.42. The second-order valence-electron chi connectivity index (χ2n) is 4.34. The average molecular weight is 244 g/mol. The predicted octanol–water partition coefficient (Wildman–Crippen LogP) is 2.88. The van der Waals surface area contributed by atoms with Gasteiger partial charge in [0.25, 0.3) is 0 Å². The predicted molar refractivity (Wildman–Crippen MR) is 62.6 cm³/mol. The highest BCUT2D eigenvalue weighted by Gasteiger charge is 2.32. The number of rotatable bonds is 2. The monoisotopic (exact) mass is 243 g/mol. The van der Waals surface area contributed by atoms with E-state index in [0.29, 0.717) is 17.2 Å². The van der Waals surface area contributed by atoms with E-state index in [4.69, 9.17) is 11.6 Å². The lowest BCUT2D eigenvalue weighted by Gasteiger charge is -2.24. The van der Waals surface area contributed by atoms with Crippen LogP contribution in [0.5, 0.6) is 0 Å². The highest BCUT2D eigenvalue weighted by molar-refractivity contribution is 7.99. The Morgan fingerprint density at radius 2 is 2.13 bits per heavy atom. The van der Waals surface area contributed by atoms with Crippen molar-refractivity contribution in [2.45, 2.75) is 37.6 Å². The molecule has 0 radical (unpaired) electrons. The van der Waals surface area contributed by atoms with Crippen LogP contribution in [0.3, 0.4) is 0 Å². The van der Waals surface area contributed by atoms with Crippen molar-refractivity contribution in [2.24, 2.45) is 0 Å². The molecule has 3 rings (SSSR count). The van der Waals surface area contributed by atoms with Crippen molar-refractivity contribution in [2.75, 3.05) is 11.5 Å². The molecule has 0 spiro atoms. The first-order valence-electron chi connectivity index (χ1n) is 5.54. The molecule has 0 amide bonds. The van der Waals surface area contributed by atoms with Crippen LogP contribution in [0, 0.1) is 0 Å². The maximum atomic E-state index is 6.13. The lowest BCUT2D eigenvalue weighted by atomic mass is 10.2. The highest BCUT2D eigenvalue weighted by atomic mass is 35.5. The van der Waals surface area contributed by atoms with Gasteiger partial charge in [0.15, 0.2) is 0 Å². The summed E-state index contributed by atoms with van der Waals surface area (Å²) in [5, 5.41) is 8.83. The number of hydrogen-bond acceptors (Lipinski definition) is 3. The zero-order valence-corrected chi connectivity index (χ0v) is 10.1. The maximum absolute atomic E-state index is 6.13. The van der Waals surface area contributed by atoms with Crippen molar-refractivity contribution in [3.8, 4) is 0 Å². The van der Waals surface area contributed by atoms with Gasteiger partial charge in [-0.2, -0.15) is 11.8 Å². The Morgan fingerprint density at radius 1 is 1.27 bits per heavy atom. The summed E-state index contributed by atoms with van der Waals surface area (Å²) in [4.78, 5) is 0. The smallest absolute Gasteiger partial charge is 0.225 e. The Labute approximate surface area is 98.6 Å². The van der Waals surface area contributed by atoms with Gasteiger partial charge in [-0.25, -0.2) is 0 Å². The molecule has 1 unspecified atom stereocenters. The second kappa shape index (κ2) is 3.98. The molecule has 1 aliphatic heterocycles. The second-order valence-corrected chi connectivity index (χ2v) is 5.83. The van der Waals surface area contributed by atoms with Gasteiger partial charge in [-0.1, -0.05) is 0 Å². The molecule has 1 saturated carbocycles. The van der Waals surface area contributed by atoms with Gasteiger partial charge >= 0.3 is 0 Å². The lowest BCUT2D eigenvalue weighted by molar-refractivity contribution is 0.482. The number of aromatic nitrogens is 3. The molecule has 2 aliphatic rings. The Morgan fingerprint density at radius 3 is 2.80 bits per heavy atom. The van der Waals surface area contributed by atoms with Crippen molar-refractivity contribution in [3.05, 3.63) is 11.1 Å². The topological polar surface area (TPSA) is 30.7 Å². The average Bonchev–Trinajstić information content (AvgIpc) is 3.04. The molecule has 1 aromatic rings.